The molecule has 2 aromatic carbocycles. The lowest BCUT2D eigenvalue weighted by Gasteiger charge is -2.10. The summed E-state index contributed by atoms with van der Waals surface area (Å²) >= 11 is 0. The van der Waals surface area contributed by atoms with Gasteiger partial charge in [-0.2, -0.15) is 9.71 Å². The van der Waals surface area contributed by atoms with Gasteiger partial charge in [-0.05, 0) is 50.6 Å². The van der Waals surface area contributed by atoms with Gasteiger partial charge in [-0.1, -0.05) is 29.8 Å². The maximum atomic E-state index is 12.6. The van der Waals surface area contributed by atoms with E-state index < -0.39 is 16.1 Å². The normalized spacial score (nSPS) is 13.0. The predicted octanol–water partition coefficient (Wildman–Crippen LogP) is 3.14. The Hall–Kier alpha value is -3.24. The maximum Gasteiger partial charge on any atom is 0.326 e. The van der Waals surface area contributed by atoms with Crippen LogP contribution >= 0.6 is 0 Å². The van der Waals surface area contributed by atoms with Crippen molar-refractivity contribution in [3.63, 3.8) is 0 Å². The van der Waals surface area contributed by atoms with Crippen LogP contribution in [0.2, 0.25) is 0 Å². The van der Waals surface area contributed by atoms with Crippen LogP contribution in [-0.2, 0) is 16.6 Å². The van der Waals surface area contributed by atoms with Crippen molar-refractivity contribution in [2.75, 3.05) is 0 Å². The molecule has 0 radical (unpaired) electrons. The zero-order valence-electron chi connectivity index (χ0n) is 17.4. The number of aromatic amines is 1. The average molecular weight is 442 g/mol. The van der Waals surface area contributed by atoms with Crippen molar-refractivity contribution in [2.45, 2.75) is 44.7 Å². The Morgan fingerprint density at radius 1 is 1.19 bits per heavy atom. The first kappa shape index (κ1) is 21.0. The minimum absolute atomic E-state index is 0.142. The zero-order valence-corrected chi connectivity index (χ0v) is 18.2. The van der Waals surface area contributed by atoms with Gasteiger partial charge in [0.15, 0.2) is 0 Å². The average Bonchev–Trinajstić information content (AvgIpc) is 3.33. The summed E-state index contributed by atoms with van der Waals surface area (Å²) in [5.74, 6) is 0.449. The monoisotopic (exact) mass is 441 g/mol. The summed E-state index contributed by atoms with van der Waals surface area (Å²) in [6.07, 6.45) is 0.846. The number of hydrogen-bond donors (Lipinski definition) is 2. The lowest BCUT2D eigenvalue weighted by molar-refractivity contribution is 0.354. The van der Waals surface area contributed by atoms with Crippen molar-refractivity contribution in [2.24, 2.45) is 0 Å². The van der Waals surface area contributed by atoms with Crippen molar-refractivity contribution in [1.29, 1.82) is 0 Å². The van der Waals surface area contributed by atoms with Gasteiger partial charge in [0.2, 0.25) is 21.7 Å². The summed E-state index contributed by atoms with van der Waals surface area (Å²) in [5, 5.41) is 3.97. The van der Waals surface area contributed by atoms with E-state index in [0.717, 1.165) is 17.5 Å². The zero-order chi connectivity index (χ0) is 22.2. The smallest absolute Gasteiger partial charge is 0.326 e. The third-order valence-electron chi connectivity index (χ3n) is 4.95. The molecule has 31 heavy (non-hydrogen) atoms. The molecule has 4 aromatic rings. The molecule has 0 amide bonds. The molecular weight excluding hydrogens is 418 g/mol. The molecule has 0 saturated carbocycles. The van der Waals surface area contributed by atoms with Gasteiger partial charge in [0, 0.05) is 12.1 Å². The fourth-order valence-electron chi connectivity index (χ4n) is 3.35. The van der Waals surface area contributed by atoms with E-state index in [4.69, 9.17) is 4.52 Å². The summed E-state index contributed by atoms with van der Waals surface area (Å²) in [7, 11) is -3.74. The van der Waals surface area contributed by atoms with Crippen molar-refractivity contribution < 1.29 is 12.9 Å². The summed E-state index contributed by atoms with van der Waals surface area (Å²) < 4.78 is 34.7. The standard InChI is InChI=1S/C21H23N5O4S/c1-4-11-26-18-10-7-15(12-17(18)22-21(26)27)19-23-20(30-24-19)14(3)25-31(28,29)16-8-5-13(2)6-9-16/h5-10,12,14,25H,4,11H2,1-3H3,(H,22,27)/t14-/m0/s1. The number of nitrogens with zero attached hydrogens (tertiary/aromatic N) is 3. The molecule has 9 nitrogen and oxygen atoms in total. The number of hydrogen-bond acceptors (Lipinski definition) is 6. The van der Waals surface area contributed by atoms with Crippen LogP contribution in [-0.4, -0.2) is 28.1 Å². The topological polar surface area (TPSA) is 123 Å². The van der Waals surface area contributed by atoms with E-state index in [1.807, 2.05) is 19.9 Å². The van der Waals surface area contributed by atoms with Crippen LogP contribution in [0.5, 0.6) is 0 Å². The Bertz CT molecular complexity index is 1380. The minimum atomic E-state index is -3.74. The first-order valence-electron chi connectivity index (χ1n) is 9.94. The molecule has 0 unspecified atom stereocenters. The molecule has 162 valence electrons. The Labute approximate surface area is 179 Å². The Morgan fingerprint density at radius 3 is 2.65 bits per heavy atom. The second kappa shape index (κ2) is 8.12. The minimum Gasteiger partial charge on any atom is -0.337 e. The number of fused-ring (bicyclic) bond motifs is 1. The largest absolute Gasteiger partial charge is 0.337 e. The van der Waals surface area contributed by atoms with Crippen molar-refractivity contribution in [1.82, 2.24) is 24.4 Å². The van der Waals surface area contributed by atoms with Crippen LogP contribution in [0.25, 0.3) is 22.4 Å². The van der Waals surface area contributed by atoms with Crippen LogP contribution in [0, 0.1) is 6.92 Å². The van der Waals surface area contributed by atoms with E-state index in [9.17, 15) is 13.2 Å². The fraction of sp³-hybridized carbons (Fsp3) is 0.286. The summed E-state index contributed by atoms with van der Waals surface area (Å²) in [4.78, 5) is 19.5. The van der Waals surface area contributed by atoms with Gasteiger partial charge in [-0.15, -0.1) is 0 Å². The number of imidazole rings is 1. The molecular formula is C21H23N5O4S. The van der Waals surface area contributed by atoms with Gasteiger partial charge >= 0.3 is 5.69 Å². The molecule has 0 fully saturated rings. The van der Waals surface area contributed by atoms with Gasteiger partial charge in [0.1, 0.15) is 0 Å². The number of nitrogens with one attached hydrogen (secondary N) is 2. The summed E-state index contributed by atoms with van der Waals surface area (Å²) in [6, 6.07) is 11.3. The first-order chi connectivity index (χ1) is 14.8. The van der Waals surface area contributed by atoms with E-state index in [1.165, 1.54) is 0 Å². The van der Waals surface area contributed by atoms with Crippen LogP contribution in [0.15, 0.2) is 56.7 Å². The van der Waals surface area contributed by atoms with Crippen LogP contribution < -0.4 is 10.4 Å². The number of aryl methyl sites for hydroxylation is 2. The van der Waals surface area contributed by atoms with Gasteiger partial charge in [-0.3, -0.25) is 4.57 Å². The highest BCUT2D eigenvalue weighted by Crippen LogP contribution is 2.23. The first-order valence-corrected chi connectivity index (χ1v) is 11.4. The highest BCUT2D eigenvalue weighted by molar-refractivity contribution is 7.89. The summed E-state index contributed by atoms with van der Waals surface area (Å²) in [5.41, 5.74) is 2.94. The van der Waals surface area contributed by atoms with E-state index in [0.29, 0.717) is 23.4 Å². The van der Waals surface area contributed by atoms with Gasteiger partial charge in [-0.25, -0.2) is 13.2 Å². The number of aromatic nitrogens is 4. The molecule has 0 aliphatic heterocycles. The molecule has 0 spiro atoms. The highest BCUT2D eigenvalue weighted by Gasteiger charge is 2.23. The van der Waals surface area contributed by atoms with Gasteiger partial charge in [0.25, 0.3) is 0 Å². The molecule has 2 heterocycles. The van der Waals surface area contributed by atoms with E-state index in [-0.39, 0.29) is 16.5 Å². The number of sulfonamides is 1. The van der Waals surface area contributed by atoms with Crippen LogP contribution in [0.1, 0.15) is 37.8 Å². The molecule has 1 atom stereocenters. The molecule has 2 aromatic heterocycles. The highest BCUT2D eigenvalue weighted by atomic mass is 32.2. The number of H-pyrrole nitrogens is 1. The van der Waals surface area contributed by atoms with Gasteiger partial charge in [0.05, 0.1) is 22.0 Å². The third-order valence-corrected chi connectivity index (χ3v) is 6.51. The molecule has 4 rings (SSSR count). The Morgan fingerprint density at radius 2 is 1.94 bits per heavy atom. The SMILES string of the molecule is CCCn1c(=O)[nH]c2cc(-c3noc([C@H](C)NS(=O)(=O)c4ccc(C)cc4)n3)ccc21. The van der Waals surface area contributed by atoms with E-state index in [1.54, 1.807) is 47.9 Å². The summed E-state index contributed by atoms with van der Waals surface area (Å²) in [6.45, 7) is 6.16. The lowest BCUT2D eigenvalue weighted by atomic mass is 10.2. The maximum absolute atomic E-state index is 12.6. The Balaban J connectivity index is 1.57. The molecule has 0 aliphatic carbocycles. The van der Waals surface area contributed by atoms with Crippen LogP contribution in [0.4, 0.5) is 0 Å². The van der Waals surface area contributed by atoms with Gasteiger partial charge < -0.3 is 9.51 Å². The molecule has 10 heteroatoms. The van der Waals surface area contributed by atoms with E-state index in [2.05, 4.69) is 19.8 Å². The van der Waals surface area contributed by atoms with Crippen molar-refractivity contribution >= 4 is 21.1 Å². The quantitative estimate of drug-likeness (QED) is 0.454. The van der Waals surface area contributed by atoms with Crippen molar-refractivity contribution in [3.05, 3.63) is 64.4 Å². The second-order valence-electron chi connectivity index (χ2n) is 7.43. The third kappa shape index (κ3) is 4.17. The van der Waals surface area contributed by atoms with Crippen LogP contribution in [0.3, 0.4) is 0 Å². The molecule has 0 saturated heterocycles. The molecule has 0 aliphatic rings. The number of rotatable bonds is 7. The number of benzene rings is 2. The second-order valence-corrected chi connectivity index (χ2v) is 9.14. The Kier molecular flexibility index (Phi) is 5.50. The van der Waals surface area contributed by atoms with Crippen molar-refractivity contribution in [3.8, 4) is 11.4 Å². The molecule has 2 N–H and O–H groups in total. The van der Waals surface area contributed by atoms with E-state index >= 15 is 0 Å². The molecule has 0 bridgehead atoms. The predicted molar refractivity (Wildman–Crippen MR) is 116 cm³/mol. The fourth-order valence-corrected chi connectivity index (χ4v) is 4.54. The lowest BCUT2D eigenvalue weighted by Crippen LogP contribution is -2.27.